The molecule has 2 N–H and O–H groups in total. The molecule has 0 spiro atoms. The fourth-order valence-corrected chi connectivity index (χ4v) is 3.34. The van der Waals surface area contributed by atoms with Gasteiger partial charge in [-0.15, -0.1) is 0 Å². The fourth-order valence-electron chi connectivity index (χ4n) is 3.34. The van der Waals surface area contributed by atoms with E-state index in [1.807, 2.05) is 25.1 Å². The quantitative estimate of drug-likeness (QED) is 0.900. The minimum absolute atomic E-state index is 0.346. The van der Waals surface area contributed by atoms with Gasteiger partial charge in [-0.3, -0.25) is 4.98 Å². The molecule has 2 heterocycles. The molecule has 0 bridgehead atoms. The molecule has 5 nitrogen and oxygen atoms in total. The van der Waals surface area contributed by atoms with Gasteiger partial charge in [-0.05, 0) is 43.0 Å². The summed E-state index contributed by atoms with van der Waals surface area (Å²) >= 11 is 0. The van der Waals surface area contributed by atoms with Gasteiger partial charge in [0, 0.05) is 29.1 Å². The number of rotatable bonds is 5. The van der Waals surface area contributed by atoms with Crippen LogP contribution in [0.2, 0.25) is 0 Å². The normalized spacial score (nSPS) is 14.7. The third kappa shape index (κ3) is 3.59. The summed E-state index contributed by atoms with van der Waals surface area (Å²) in [5, 5.41) is 9.64. The van der Waals surface area contributed by atoms with Gasteiger partial charge in [0.25, 0.3) is 0 Å². The smallest absolute Gasteiger partial charge is 0.149 e. The van der Waals surface area contributed by atoms with Crippen molar-refractivity contribution in [2.24, 2.45) is 11.7 Å². The van der Waals surface area contributed by atoms with E-state index in [-0.39, 0.29) is 0 Å². The van der Waals surface area contributed by atoms with Crippen molar-refractivity contribution >= 4 is 0 Å². The number of nitrogens with zero attached hydrogens (tertiary/aromatic N) is 2. The molecule has 0 saturated heterocycles. The number of nitriles is 1. The van der Waals surface area contributed by atoms with E-state index < -0.39 is 5.54 Å². The summed E-state index contributed by atoms with van der Waals surface area (Å²) in [4.78, 5) is 4.13. The highest BCUT2D eigenvalue weighted by molar-refractivity contribution is 5.79. The van der Waals surface area contributed by atoms with Gasteiger partial charge >= 0.3 is 0 Å². The molecule has 1 aliphatic rings. The van der Waals surface area contributed by atoms with E-state index in [2.05, 4.69) is 24.9 Å². The lowest BCUT2D eigenvalue weighted by Crippen LogP contribution is -2.43. The van der Waals surface area contributed by atoms with Gasteiger partial charge in [-0.1, -0.05) is 13.8 Å². The molecule has 1 unspecified atom stereocenters. The van der Waals surface area contributed by atoms with Gasteiger partial charge in [0.15, 0.2) is 0 Å². The van der Waals surface area contributed by atoms with Crippen molar-refractivity contribution in [1.82, 2.24) is 4.98 Å². The van der Waals surface area contributed by atoms with Crippen molar-refractivity contribution in [2.75, 3.05) is 6.61 Å². The molecule has 130 valence electrons. The van der Waals surface area contributed by atoms with Crippen LogP contribution in [0, 0.1) is 17.2 Å². The minimum atomic E-state index is -0.448. The van der Waals surface area contributed by atoms with Crippen LogP contribution in [0.1, 0.15) is 38.3 Å². The molecule has 1 aromatic heterocycles. The first-order chi connectivity index (χ1) is 11.9. The highest BCUT2D eigenvalue weighted by Gasteiger charge is 2.25. The lowest BCUT2D eigenvalue weighted by Gasteiger charge is -2.27. The predicted octanol–water partition coefficient (Wildman–Crippen LogP) is 3.65. The third-order valence-corrected chi connectivity index (χ3v) is 4.23. The van der Waals surface area contributed by atoms with Crippen molar-refractivity contribution in [3.8, 4) is 28.7 Å². The zero-order chi connectivity index (χ0) is 18.0. The summed E-state index contributed by atoms with van der Waals surface area (Å²) in [6, 6.07) is 7.92. The predicted molar refractivity (Wildman–Crippen MR) is 96.3 cm³/mol. The van der Waals surface area contributed by atoms with E-state index in [0.717, 1.165) is 23.1 Å². The van der Waals surface area contributed by atoms with Crippen molar-refractivity contribution < 1.29 is 9.47 Å². The summed E-state index contributed by atoms with van der Waals surface area (Å²) in [6.07, 6.45) is 4.38. The van der Waals surface area contributed by atoms with Crippen LogP contribution < -0.4 is 15.2 Å². The summed E-state index contributed by atoms with van der Waals surface area (Å²) < 4.78 is 11.7. The first-order valence-corrected chi connectivity index (χ1v) is 8.46. The van der Waals surface area contributed by atoms with Crippen molar-refractivity contribution in [2.45, 2.75) is 39.3 Å². The molecule has 0 fully saturated rings. The second-order valence-electron chi connectivity index (χ2n) is 7.29. The first-order valence-electron chi connectivity index (χ1n) is 8.46. The number of benzene rings is 1. The molecule has 2 aromatic rings. The zero-order valence-electron chi connectivity index (χ0n) is 14.9. The van der Waals surface area contributed by atoms with Crippen LogP contribution >= 0.6 is 0 Å². The number of aromatic nitrogens is 1. The average Bonchev–Trinajstić information content (AvgIpc) is 2.58. The maximum absolute atomic E-state index is 9.64. The Bertz CT molecular complexity index is 822. The topological polar surface area (TPSA) is 81.2 Å². The second kappa shape index (κ2) is 6.73. The number of fused-ring (bicyclic) bond motifs is 3. The lowest BCUT2D eigenvalue weighted by atomic mass is 9.92. The van der Waals surface area contributed by atoms with Crippen LogP contribution in [0.25, 0.3) is 11.1 Å². The van der Waals surface area contributed by atoms with Crippen molar-refractivity contribution in [1.29, 1.82) is 5.26 Å². The second-order valence-corrected chi connectivity index (χ2v) is 7.29. The molecule has 5 heteroatoms. The van der Waals surface area contributed by atoms with Gasteiger partial charge < -0.3 is 15.2 Å². The summed E-state index contributed by atoms with van der Waals surface area (Å²) in [5.74, 6) is 1.56. The maximum atomic E-state index is 9.64. The first kappa shape index (κ1) is 17.2. The molecule has 0 saturated carbocycles. The van der Waals surface area contributed by atoms with Gasteiger partial charge in [-0.25, -0.2) is 0 Å². The Morgan fingerprint density at radius 3 is 2.88 bits per heavy atom. The molecular weight excluding hydrogens is 314 g/mol. The van der Waals surface area contributed by atoms with Crippen LogP contribution in [0.4, 0.5) is 0 Å². The Balaban J connectivity index is 1.91. The fraction of sp³-hybridized carbons (Fsp3) is 0.400. The summed E-state index contributed by atoms with van der Waals surface area (Å²) in [7, 11) is 0. The number of ether oxygens (including phenoxy) is 2. The Morgan fingerprint density at radius 1 is 1.36 bits per heavy atom. The number of pyridine rings is 1. The van der Waals surface area contributed by atoms with Crippen molar-refractivity contribution in [3.63, 3.8) is 0 Å². The van der Waals surface area contributed by atoms with E-state index in [1.54, 1.807) is 12.4 Å². The number of nitrogens with two attached hydrogens (primary N) is 1. The van der Waals surface area contributed by atoms with Crippen molar-refractivity contribution in [3.05, 3.63) is 41.7 Å². The number of hydrogen-bond acceptors (Lipinski definition) is 5. The monoisotopic (exact) mass is 337 g/mol. The molecule has 0 amide bonds. The maximum Gasteiger partial charge on any atom is 0.149 e. The van der Waals surface area contributed by atoms with E-state index in [1.165, 1.54) is 0 Å². The standard InChI is InChI=1S/C20H23N3O2/c1-13(2)8-20(3,22)12-25-18-5-4-16-15-6-7-23-10-14(15)11-24-19(16)17(18)9-21/h4-7,10,13H,8,11-12,22H2,1-3H3. The molecule has 3 rings (SSSR count). The van der Waals surface area contributed by atoms with Gasteiger partial charge in [0.1, 0.15) is 36.3 Å². The van der Waals surface area contributed by atoms with E-state index in [0.29, 0.717) is 36.2 Å². The molecule has 25 heavy (non-hydrogen) atoms. The van der Waals surface area contributed by atoms with Crippen LogP contribution in [-0.4, -0.2) is 17.1 Å². The molecular formula is C20H23N3O2. The van der Waals surface area contributed by atoms with Gasteiger partial charge in [-0.2, -0.15) is 5.26 Å². The van der Waals surface area contributed by atoms with E-state index >= 15 is 0 Å². The third-order valence-electron chi connectivity index (χ3n) is 4.23. The van der Waals surface area contributed by atoms with Crippen LogP contribution in [0.5, 0.6) is 11.5 Å². The molecule has 0 radical (unpaired) electrons. The summed E-state index contributed by atoms with van der Waals surface area (Å²) in [6.45, 7) is 6.97. The van der Waals surface area contributed by atoms with Crippen LogP contribution in [0.15, 0.2) is 30.6 Å². The van der Waals surface area contributed by atoms with E-state index in [9.17, 15) is 5.26 Å². The number of hydrogen-bond donors (Lipinski definition) is 1. The molecule has 1 aromatic carbocycles. The average molecular weight is 337 g/mol. The minimum Gasteiger partial charge on any atom is -0.490 e. The Labute approximate surface area is 148 Å². The SMILES string of the molecule is CC(C)CC(C)(N)COc1ccc2c(c1C#N)OCc1cnccc1-2. The largest absolute Gasteiger partial charge is 0.490 e. The van der Waals surface area contributed by atoms with Crippen LogP contribution in [-0.2, 0) is 6.61 Å². The van der Waals surface area contributed by atoms with E-state index in [4.69, 9.17) is 15.2 Å². The van der Waals surface area contributed by atoms with Crippen LogP contribution in [0.3, 0.4) is 0 Å². The molecule has 1 aliphatic heterocycles. The summed E-state index contributed by atoms with van der Waals surface area (Å²) in [5.41, 5.74) is 9.23. The highest BCUT2D eigenvalue weighted by atomic mass is 16.5. The zero-order valence-corrected chi connectivity index (χ0v) is 14.9. The Hall–Kier alpha value is -2.58. The van der Waals surface area contributed by atoms with Gasteiger partial charge in [0.2, 0.25) is 0 Å². The molecule has 0 aliphatic carbocycles. The van der Waals surface area contributed by atoms with Gasteiger partial charge in [0.05, 0.1) is 0 Å². The molecule has 1 atom stereocenters. The Morgan fingerprint density at radius 2 is 2.16 bits per heavy atom. The highest BCUT2D eigenvalue weighted by Crippen LogP contribution is 2.42. The lowest BCUT2D eigenvalue weighted by molar-refractivity contribution is 0.205. The Kier molecular flexibility index (Phi) is 4.65.